The van der Waals surface area contributed by atoms with Crippen LogP contribution >= 0.6 is 11.8 Å². The van der Waals surface area contributed by atoms with Crippen LogP contribution in [0.15, 0.2) is 39.8 Å². The van der Waals surface area contributed by atoms with Crippen LogP contribution in [0.25, 0.3) is 0 Å². The van der Waals surface area contributed by atoms with Crippen LogP contribution in [-0.4, -0.2) is 12.6 Å². The van der Waals surface area contributed by atoms with Crippen LogP contribution in [0, 0.1) is 11.3 Å². The fraction of sp³-hybridized carbons (Fsp3) is 0.400. The molecule has 1 fully saturated rings. The highest BCUT2D eigenvalue weighted by molar-refractivity contribution is 8.03. The monoisotopic (exact) mass is 271 g/mol. The first-order chi connectivity index (χ1) is 9.38. The predicted molar refractivity (Wildman–Crippen MR) is 78.8 cm³/mol. The van der Waals surface area contributed by atoms with E-state index in [-0.39, 0.29) is 6.04 Å². The van der Waals surface area contributed by atoms with Crippen molar-refractivity contribution in [2.75, 3.05) is 11.9 Å². The average Bonchev–Trinajstić information content (AvgIpc) is 2.67. The fourth-order valence-electron chi connectivity index (χ4n) is 2.60. The molecule has 1 saturated heterocycles. The van der Waals surface area contributed by atoms with Gasteiger partial charge in [0, 0.05) is 10.9 Å². The normalized spacial score (nSPS) is 24.9. The number of nitrogens with one attached hydrogen (secondary N) is 2. The van der Waals surface area contributed by atoms with E-state index in [0.29, 0.717) is 0 Å². The molecule has 0 bridgehead atoms. The molecule has 0 spiro atoms. The topological polar surface area (TPSA) is 47.9 Å². The van der Waals surface area contributed by atoms with Crippen molar-refractivity contribution in [2.45, 2.75) is 36.6 Å². The zero-order valence-electron chi connectivity index (χ0n) is 10.8. The number of thioether (sulfide) groups is 1. The predicted octanol–water partition coefficient (Wildman–Crippen LogP) is 3.47. The number of nitrogens with zero attached hydrogens (tertiary/aromatic N) is 1. The minimum atomic E-state index is 0.205. The summed E-state index contributed by atoms with van der Waals surface area (Å²) < 4.78 is 0. The zero-order chi connectivity index (χ0) is 13.1. The maximum Gasteiger partial charge on any atom is 0.0991 e. The van der Waals surface area contributed by atoms with E-state index in [4.69, 9.17) is 0 Å². The van der Waals surface area contributed by atoms with Crippen LogP contribution in [0.1, 0.15) is 25.7 Å². The van der Waals surface area contributed by atoms with Crippen LogP contribution in [0.4, 0.5) is 5.69 Å². The Balaban J connectivity index is 1.87. The average molecular weight is 271 g/mol. The molecule has 2 aliphatic heterocycles. The third-order valence-corrected chi connectivity index (χ3v) is 4.72. The molecule has 2 aliphatic rings. The van der Waals surface area contributed by atoms with Crippen molar-refractivity contribution in [3.05, 3.63) is 34.9 Å². The van der Waals surface area contributed by atoms with Gasteiger partial charge in [-0.15, -0.1) is 0 Å². The highest BCUT2D eigenvalue weighted by atomic mass is 32.2. The minimum Gasteiger partial charge on any atom is -0.348 e. The van der Waals surface area contributed by atoms with E-state index in [0.717, 1.165) is 29.3 Å². The summed E-state index contributed by atoms with van der Waals surface area (Å²) >= 11 is 1.68. The second-order valence-corrected chi connectivity index (χ2v) is 5.99. The molecule has 1 unspecified atom stereocenters. The first kappa shape index (κ1) is 12.6. The maximum atomic E-state index is 9.51. The molecule has 2 heterocycles. The fourth-order valence-corrected chi connectivity index (χ4v) is 3.66. The Kier molecular flexibility index (Phi) is 3.77. The number of nitriles is 1. The molecular weight excluding hydrogens is 254 g/mol. The summed E-state index contributed by atoms with van der Waals surface area (Å²) in [7, 11) is 0. The van der Waals surface area contributed by atoms with E-state index in [2.05, 4.69) is 28.8 Å². The number of para-hydroxylation sites is 1. The Bertz CT molecular complexity index is 510. The van der Waals surface area contributed by atoms with Gasteiger partial charge in [0.15, 0.2) is 0 Å². The first-order valence-corrected chi connectivity index (χ1v) is 7.61. The highest BCUT2D eigenvalue weighted by Crippen LogP contribution is 2.42. The number of hydrogen-bond acceptors (Lipinski definition) is 4. The third-order valence-electron chi connectivity index (χ3n) is 3.62. The van der Waals surface area contributed by atoms with Crippen molar-refractivity contribution in [1.29, 1.82) is 5.26 Å². The molecule has 19 heavy (non-hydrogen) atoms. The molecule has 3 nitrogen and oxygen atoms in total. The standard InChI is InChI=1S/C15H17N3S/c16-10-11(12-6-2-1-5-9-17-12)15-18-13-7-3-4-8-14(13)19-15/h3-4,7-8,12,17-18H,1-2,5-6,9H2/b15-11-. The molecule has 0 aromatic heterocycles. The lowest BCUT2D eigenvalue weighted by atomic mass is 10.0. The molecule has 0 aliphatic carbocycles. The van der Waals surface area contributed by atoms with E-state index in [9.17, 15) is 5.26 Å². The van der Waals surface area contributed by atoms with Crippen LogP contribution in [-0.2, 0) is 0 Å². The number of hydrogen-bond donors (Lipinski definition) is 2. The van der Waals surface area contributed by atoms with Gasteiger partial charge in [0.1, 0.15) is 0 Å². The second kappa shape index (κ2) is 5.68. The van der Waals surface area contributed by atoms with Gasteiger partial charge in [-0.1, -0.05) is 36.7 Å². The summed E-state index contributed by atoms with van der Waals surface area (Å²) in [6, 6.07) is 10.8. The maximum absolute atomic E-state index is 9.51. The smallest absolute Gasteiger partial charge is 0.0991 e. The van der Waals surface area contributed by atoms with Crippen LogP contribution in [0.5, 0.6) is 0 Å². The minimum absolute atomic E-state index is 0.205. The summed E-state index contributed by atoms with van der Waals surface area (Å²) in [6.45, 7) is 1.01. The van der Waals surface area contributed by atoms with Crippen molar-refractivity contribution in [3.63, 3.8) is 0 Å². The van der Waals surface area contributed by atoms with Gasteiger partial charge < -0.3 is 10.6 Å². The third kappa shape index (κ3) is 2.63. The molecule has 2 N–H and O–H groups in total. The Morgan fingerprint density at radius 2 is 2.16 bits per heavy atom. The highest BCUT2D eigenvalue weighted by Gasteiger charge is 2.24. The quantitative estimate of drug-likeness (QED) is 0.768. The van der Waals surface area contributed by atoms with E-state index >= 15 is 0 Å². The largest absolute Gasteiger partial charge is 0.348 e. The lowest BCUT2D eigenvalue weighted by Crippen LogP contribution is -2.30. The Morgan fingerprint density at radius 3 is 3.00 bits per heavy atom. The van der Waals surface area contributed by atoms with Crippen molar-refractivity contribution >= 4 is 17.4 Å². The molecule has 98 valence electrons. The van der Waals surface area contributed by atoms with E-state index < -0.39 is 0 Å². The summed E-state index contributed by atoms with van der Waals surface area (Å²) in [5.74, 6) is 0. The Morgan fingerprint density at radius 1 is 1.26 bits per heavy atom. The number of anilines is 1. The summed E-state index contributed by atoms with van der Waals surface area (Å²) in [6.07, 6.45) is 4.74. The van der Waals surface area contributed by atoms with Gasteiger partial charge >= 0.3 is 0 Å². The summed E-state index contributed by atoms with van der Waals surface area (Å²) in [5.41, 5.74) is 1.98. The molecule has 3 rings (SSSR count). The molecule has 4 heteroatoms. The van der Waals surface area contributed by atoms with Gasteiger partial charge in [-0.25, -0.2) is 0 Å². The molecule has 1 aromatic carbocycles. The lowest BCUT2D eigenvalue weighted by Gasteiger charge is -2.16. The number of benzene rings is 1. The Labute approximate surface area is 118 Å². The van der Waals surface area contributed by atoms with Gasteiger partial charge in [0.2, 0.25) is 0 Å². The molecular formula is C15H17N3S. The van der Waals surface area contributed by atoms with Crippen molar-refractivity contribution in [3.8, 4) is 6.07 Å². The van der Waals surface area contributed by atoms with Gasteiger partial charge in [0.25, 0.3) is 0 Å². The molecule has 0 amide bonds. The number of fused-ring (bicyclic) bond motifs is 1. The van der Waals surface area contributed by atoms with Gasteiger partial charge in [-0.3, -0.25) is 0 Å². The van der Waals surface area contributed by atoms with Crippen molar-refractivity contribution in [1.82, 2.24) is 5.32 Å². The van der Waals surface area contributed by atoms with E-state index in [1.807, 2.05) is 12.1 Å². The van der Waals surface area contributed by atoms with E-state index in [1.54, 1.807) is 11.8 Å². The van der Waals surface area contributed by atoms with Gasteiger partial charge in [0.05, 0.1) is 22.4 Å². The van der Waals surface area contributed by atoms with E-state index in [1.165, 1.54) is 24.2 Å². The number of rotatable bonds is 1. The van der Waals surface area contributed by atoms with Gasteiger partial charge in [-0.2, -0.15) is 5.26 Å². The Hall–Kier alpha value is -1.44. The van der Waals surface area contributed by atoms with Crippen LogP contribution in [0.3, 0.4) is 0 Å². The second-order valence-electron chi connectivity index (χ2n) is 4.93. The van der Waals surface area contributed by atoms with Crippen LogP contribution < -0.4 is 10.6 Å². The van der Waals surface area contributed by atoms with Crippen LogP contribution in [0.2, 0.25) is 0 Å². The molecule has 0 radical (unpaired) electrons. The summed E-state index contributed by atoms with van der Waals surface area (Å²) in [5, 5.41) is 17.4. The molecule has 1 atom stereocenters. The van der Waals surface area contributed by atoms with Gasteiger partial charge in [-0.05, 0) is 31.5 Å². The lowest BCUT2D eigenvalue weighted by molar-refractivity contribution is 0.581. The first-order valence-electron chi connectivity index (χ1n) is 6.80. The summed E-state index contributed by atoms with van der Waals surface area (Å²) in [4.78, 5) is 1.21. The van der Waals surface area contributed by atoms with Crippen molar-refractivity contribution < 1.29 is 0 Å². The SMILES string of the molecule is N#C/C(=C1\Nc2ccccc2S1)C1CCCCCN1. The molecule has 0 saturated carbocycles. The zero-order valence-corrected chi connectivity index (χ0v) is 11.6. The van der Waals surface area contributed by atoms with Crippen molar-refractivity contribution in [2.24, 2.45) is 0 Å². The molecule has 1 aromatic rings.